The first-order valence-electron chi connectivity index (χ1n) is 7.27. The lowest BCUT2D eigenvalue weighted by Crippen LogP contribution is -2.13. The molecule has 1 amide bonds. The number of halogens is 2. The van der Waals surface area contributed by atoms with Crippen LogP contribution in [0.4, 0.5) is 11.4 Å². The second-order valence-corrected chi connectivity index (χ2v) is 8.96. The van der Waals surface area contributed by atoms with Gasteiger partial charge in [0, 0.05) is 27.0 Å². The van der Waals surface area contributed by atoms with E-state index in [-0.39, 0.29) is 10.1 Å². The van der Waals surface area contributed by atoms with Crippen LogP contribution in [-0.4, -0.2) is 14.3 Å². The van der Waals surface area contributed by atoms with Gasteiger partial charge >= 0.3 is 0 Å². The molecule has 0 radical (unpaired) electrons. The minimum atomic E-state index is -3.62. The van der Waals surface area contributed by atoms with Gasteiger partial charge in [0.1, 0.15) is 4.21 Å². The Morgan fingerprint density at radius 1 is 0.923 bits per heavy atom. The van der Waals surface area contributed by atoms with Crippen molar-refractivity contribution in [3.8, 4) is 0 Å². The zero-order chi connectivity index (χ0) is 18.7. The van der Waals surface area contributed by atoms with Gasteiger partial charge < -0.3 is 5.32 Å². The summed E-state index contributed by atoms with van der Waals surface area (Å²) < 4.78 is 27.1. The van der Waals surface area contributed by atoms with E-state index in [1.165, 1.54) is 30.3 Å². The Bertz CT molecular complexity index is 1010. The van der Waals surface area contributed by atoms with Crippen molar-refractivity contribution >= 4 is 61.8 Å². The number of sulfonamides is 1. The van der Waals surface area contributed by atoms with Gasteiger partial charge in [0.05, 0.1) is 0 Å². The van der Waals surface area contributed by atoms with Crippen LogP contribution in [0.3, 0.4) is 0 Å². The zero-order valence-electron chi connectivity index (χ0n) is 13.1. The normalized spacial score (nSPS) is 11.2. The summed E-state index contributed by atoms with van der Waals surface area (Å²) in [5.74, 6) is -0.365. The van der Waals surface area contributed by atoms with Crippen molar-refractivity contribution in [2.45, 2.75) is 4.21 Å². The van der Waals surface area contributed by atoms with E-state index < -0.39 is 10.0 Å². The first-order valence-corrected chi connectivity index (χ1v) is 10.4. The molecule has 0 atom stereocenters. The topological polar surface area (TPSA) is 75.3 Å². The average Bonchev–Trinajstić information content (AvgIpc) is 3.09. The molecule has 0 saturated carbocycles. The third kappa shape index (κ3) is 4.56. The summed E-state index contributed by atoms with van der Waals surface area (Å²) in [4.78, 5) is 12.3. The molecule has 26 heavy (non-hydrogen) atoms. The number of amides is 1. The van der Waals surface area contributed by atoms with E-state index in [0.717, 1.165) is 11.3 Å². The van der Waals surface area contributed by atoms with Gasteiger partial charge in [-0.15, -0.1) is 11.3 Å². The number of benzene rings is 2. The second-order valence-electron chi connectivity index (χ2n) is 5.23. The summed E-state index contributed by atoms with van der Waals surface area (Å²) in [6.45, 7) is 0. The molecule has 5 nitrogen and oxygen atoms in total. The molecular weight excluding hydrogens is 415 g/mol. The van der Waals surface area contributed by atoms with Gasteiger partial charge in [-0.3, -0.25) is 9.52 Å². The van der Waals surface area contributed by atoms with Crippen molar-refractivity contribution in [3.05, 3.63) is 75.6 Å². The predicted octanol–water partition coefficient (Wildman–Crippen LogP) is 5.11. The highest BCUT2D eigenvalue weighted by Crippen LogP contribution is 2.24. The Balaban J connectivity index is 1.72. The van der Waals surface area contributed by atoms with Crippen LogP contribution in [0.5, 0.6) is 0 Å². The summed E-state index contributed by atoms with van der Waals surface area (Å²) >= 11 is 12.9. The molecule has 0 fully saturated rings. The standard InChI is InChI=1S/C17H12Cl2N2O3S2/c18-12-8-13(19)10-15(9-12)20-17(22)11-3-5-14(6-4-11)21-26(23,24)16-2-1-7-25-16/h1-10,21H,(H,20,22). The van der Waals surface area contributed by atoms with Crippen molar-refractivity contribution < 1.29 is 13.2 Å². The number of thiophene rings is 1. The van der Waals surface area contributed by atoms with Crippen LogP contribution in [0.1, 0.15) is 10.4 Å². The quantitative estimate of drug-likeness (QED) is 0.594. The summed E-state index contributed by atoms with van der Waals surface area (Å²) in [7, 11) is -3.62. The molecule has 0 spiro atoms. The van der Waals surface area contributed by atoms with E-state index in [2.05, 4.69) is 10.0 Å². The van der Waals surface area contributed by atoms with Gasteiger partial charge in [-0.05, 0) is 53.9 Å². The van der Waals surface area contributed by atoms with Crippen molar-refractivity contribution in [1.29, 1.82) is 0 Å². The first kappa shape index (κ1) is 18.7. The predicted molar refractivity (Wildman–Crippen MR) is 106 cm³/mol. The third-order valence-corrected chi connectivity index (χ3v) is 6.49. The van der Waals surface area contributed by atoms with E-state index >= 15 is 0 Å². The fraction of sp³-hybridized carbons (Fsp3) is 0. The summed E-state index contributed by atoms with van der Waals surface area (Å²) in [5.41, 5.74) is 1.19. The van der Waals surface area contributed by atoms with Gasteiger partial charge in [0.25, 0.3) is 15.9 Å². The molecule has 9 heteroatoms. The third-order valence-electron chi connectivity index (χ3n) is 3.28. The Kier molecular flexibility index (Phi) is 5.52. The Morgan fingerprint density at radius 2 is 1.58 bits per heavy atom. The molecule has 3 aromatic rings. The molecule has 0 bridgehead atoms. The van der Waals surface area contributed by atoms with Crippen molar-refractivity contribution in [2.75, 3.05) is 10.0 Å². The lowest BCUT2D eigenvalue weighted by atomic mass is 10.2. The zero-order valence-corrected chi connectivity index (χ0v) is 16.2. The average molecular weight is 427 g/mol. The van der Waals surface area contributed by atoms with E-state index in [1.54, 1.807) is 29.6 Å². The molecule has 2 N–H and O–H groups in total. The van der Waals surface area contributed by atoms with Crippen molar-refractivity contribution in [2.24, 2.45) is 0 Å². The number of hydrogen-bond acceptors (Lipinski definition) is 4. The molecule has 134 valence electrons. The number of carbonyl (C=O) groups excluding carboxylic acids is 1. The number of hydrogen-bond donors (Lipinski definition) is 2. The summed E-state index contributed by atoms with van der Waals surface area (Å²) in [5, 5.41) is 5.19. The molecule has 1 aromatic heterocycles. The van der Waals surface area contributed by atoms with Crippen molar-refractivity contribution in [3.63, 3.8) is 0 Å². The van der Waals surface area contributed by atoms with Gasteiger partial charge in [-0.2, -0.15) is 0 Å². The van der Waals surface area contributed by atoms with Crippen LogP contribution in [-0.2, 0) is 10.0 Å². The van der Waals surface area contributed by atoms with Crippen LogP contribution in [0.15, 0.2) is 64.2 Å². The maximum Gasteiger partial charge on any atom is 0.271 e. The molecule has 0 aliphatic carbocycles. The second kappa shape index (κ2) is 7.67. The van der Waals surface area contributed by atoms with Crippen LogP contribution in [0.2, 0.25) is 10.0 Å². The fourth-order valence-corrected chi connectivity index (χ4v) is 4.72. The van der Waals surface area contributed by atoms with E-state index in [9.17, 15) is 13.2 Å². The lowest BCUT2D eigenvalue weighted by molar-refractivity contribution is 0.102. The monoisotopic (exact) mass is 426 g/mol. The van der Waals surface area contributed by atoms with E-state index in [1.807, 2.05) is 0 Å². The maximum absolute atomic E-state index is 12.3. The largest absolute Gasteiger partial charge is 0.322 e. The first-order chi connectivity index (χ1) is 12.3. The minimum Gasteiger partial charge on any atom is -0.322 e. The minimum absolute atomic E-state index is 0.220. The summed E-state index contributed by atoms with van der Waals surface area (Å²) in [6, 6.07) is 14.0. The SMILES string of the molecule is O=C(Nc1cc(Cl)cc(Cl)c1)c1ccc(NS(=O)(=O)c2cccs2)cc1. The van der Waals surface area contributed by atoms with Crippen LogP contribution < -0.4 is 10.0 Å². The van der Waals surface area contributed by atoms with Crippen LogP contribution >= 0.6 is 34.5 Å². The smallest absolute Gasteiger partial charge is 0.271 e. The highest BCUT2D eigenvalue weighted by atomic mass is 35.5. The molecular formula is C17H12Cl2N2O3S2. The van der Waals surface area contributed by atoms with Gasteiger partial charge in [-0.1, -0.05) is 29.3 Å². The molecule has 2 aromatic carbocycles. The van der Waals surface area contributed by atoms with E-state index in [0.29, 0.717) is 27.0 Å². The Labute approximate surface area is 164 Å². The number of carbonyl (C=O) groups is 1. The van der Waals surface area contributed by atoms with Gasteiger partial charge in [-0.25, -0.2) is 8.42 Å². The van der Waals surface area contributed by atoms with E-state index in [4.69, 9.17) is 23.2 Å². The molecule has 3 rings (SSSR count). The fourth-order valence-electron chi connectivity index (χ4n) is 2.14. The summed E-state index contributed by atoms with van der Waals surface area (Å²) in [6.07, 6.45) is 0. The van der Waals surface area contributed by atoms with Gasteiger partial charge in [0.15, 0.2) is 0 Å². The highest BCUT2D eigenvalue weighted by Gasteiger charge is 2.15. The van der Waals surface area contributed by atoms with Crippen molar-refractivity contribution in [1.82, 2.24) is 0 Å². The lowest BCUT2D eigenvalue weighted by Gasteiger charge is -2.09. The maximum atomic E-state index is 12.3. The molecule has 0 saturated heterocycles. The number of rotatable bonds is 5. The molecule has 0 aliphatic heterocycles. The number of anilines is 2. The van der Waals surface area contributed by atoms with Crippen LogP contribution in [0.25, 0.3) is 0 Å². The Hall–Kier alpha value is -2.06. The highest BCUT2D eigenvalue weighted by molar-refractivity contribution is 7.94. The Morgan fingerprint density at radius 3 is 2.15 bits per heavy atom. The van der Waals surface area contributed by atoms with Crippen LogP contribution in [0, 0.1) is 0 Å². The number of nitrogens with one attached hydrogen (secondary N) is 2. The molecule has 0 unspecified atom stereocenters. The van der Waals surface area contributed by atoms with Gasteiger partial charge in [0.2, 0.25) is 0 Å². The molecule has 0 aliphatic rings. The molecule has 1 heterocycles.